The standard InChI is InChI=1S/C3H6O5S.C3H8O4S/c4-3(5)1-2-9(6,7)8;4-2-1-3-8(5,6)7/h1-2H2,(H,4,5)(H,6,7,8);4H,1-3H2,(H,5,6,7). The minimum absolute atomic E-state index is 0.0961. The Balaban J connectivity index is 0. The van der Waals surface area contributed by atoms with Gasteiger partial charge in [-0.25, -0.2) is 0 Å². The molecule has 4 N–H and O–H groups in total. The lowest BCUT2D eigenvalue weighted by Gasteiger charge is -1.89. The molecule has 0 unspecified atom stereocenters. The molecule has 0 amide bonds. The third-order valence-electron chi connectivity index (χ3n) is 1.13. The van der Waals surface area contributed by atoms with Crippen molar-refractivity contribution in [1.29, 1.82) is 0 Å². The van der Waals surface area contributed by atoms with Crippen LogP contribution in [-0.2, 0) is 25.0 Å². The smallest absolute Gasteiger partial charge is 0.304 e. The van der Waals surface area contributed by atoms with Gasteiger partial charge >= 0.3 is 5.97 Å². The van der Waals surface area contributed by atoms with Gasteiger partial charge in [0, 0.05) is 6.61 Å². The minimum atomic E-state index is -4.10. The number of aliphatic hydroxyl groups excluding tert-OH is 1. The Morgan fingerprint density at radius 3 is 1.47 bits per heavy atom. The Bertz CT molecular complexity index is 407. The fourth-order valence-corrected chi connectivity index (χ4v) is 1.39. The molecule has 0 aliphatic carbocycles. The molecule has 11 heteroatoms. The van der Waals surface area contributed by atoms with Gasteiger partial charge in [-0.3, -0.25) is 13.9 Å². The Hall–Kier alpha value is -0.750. The van der Waals surface area contributed by atoms with E-state index in [-0.39, 0.29) is 18.8 Å². The second-order valence-electron chi connectivity index (χ2n) is 2.79. The molecule has 0 rings (SSSR count). The van der Waals surface area contributed by atoms with Crippen molar-refractivity contribution >= 4 is 26.2 Å². The molecular formula is C6H14O9S2. The third-order valence-corrected chi connectivity index (χ3v) is 2.66. The molecule has 0 aliphatic rings. The molecule has 17 heavy (non-hydrogen) atoms. The SMILES string of the molecule is O=C(O)CCS(=O)(=O)O.O=S(=O)(O)CCCO. The number of carboxylic acids is 1. The van der Waals surface area contributed by atoms with Gasteiger partial charge in [-0.05, 0) is 6.42 Å². The van der Waals surface area contributed by atoms with E-state index in [4.69, 9.17) is 19.3 Å². The van der Waals surface area contributed by atoms with Crippen molar-refractivity contribution < 1.29 is 40.9 Å². The van der Waals surface area contributed by atoms with Gasteiger partial charge in [0.2, 0.25) is 0 Å². The first-order valence-electron chi connectivity index (χ1n) is 4.21. The maximum Gasteiger partial charge on any atom is 0.304 e. The topological polar surface area (TPSA) is 166 Å². The number of hydrogen-bond donors (Lipinski definition) is 4. The molecule has 0 aromatic carbocycles. The summed E-state index contributed by atoms with van der Waals surface area (Å²) < 4.78 is 55.3. The van der Waals surface area contributed by atoms with E-state index in [0.717, 1.165) is 0 Å². The molecule has 0 atom stereocenters. The molecule has 0 spiro atoms. The van der Waals surface area contributed by atoms with Crippen LogP contribution in [0.5, 0.6) is 0 Å². The molecule has 104 valence electrons. The second kappa shape index (κ2) is 8.36. The Labute approximate surface area is 98.6 Å². The van der Waals surface area contributed by atoms with Crippen molar-refractivity contribution in [3.05, 3.63) is 0 Å². The van der Waals surface area contributed by atoms with Crippen LogP contribution in [0.1, 0.15) is 12.8 Å². The lowest BCUT2D eigenvalue weighted by atomic mass is 10.5. The highest BCUT2D eigenvalue weighted by molar-refractivity contribution is 7.86. The van der Waals surface area contributed by atoms with E-state index in [1.807, 2.05) is 0 Å². The van der Waals surface area contributed by atoms with Crippen LogP contribution in [0.4, 0.5) is 0 Å². The molecule has 0 heterocycles. The maximum atomic E-state index is 9.83. The number of carbonyl (C=O) groups is 1. The van der Waals surface area contributed by atoms with Gasteiger partial charge < -0.3 is 10.2 Å². The van der Waals surface area contributed by atoms with Gasteiger partial charge in [-0.2, -0.15) is 16.8 Å². The van der Waals surface area contributed by atoms with Crippen molar-refractivity contribution in [1.82, 2.24) is 0 Å². The number of carboxylic acid groups (broad SMARTS) is 1. The first-order valence-corrected chi connectivity index (χ1v) is 7.43. The first kappa shape index (κ1) is 18.6. The zero-order valence-electron chi connectivity index (χ0n) is 8.68. The van der Waals surface area contributed by atoms with Crippen molar-refractivity contribution in [2.24, 2.45) is 0 Å². The summed E-state index contributed by atoms with van der Waals surface area (Å²) in [5.41, 5.74) is 0. The van der Waals surface area contributed by atoms with E-state index < -0.39 is 38.4 Å². The summed E-state index contributed by atoms with van der Waals surface area (Å²) in [5, 5.41) is 16.0. The highest BCUT2D eigenvalue weighted by Gasteiger charge is 2.06. The van der Waals surface area contributed by atoms with Crippen LogP contribution in [0, 0.1) is 0 Å². The summed E-state index contributed by atoms with van der Waals surface area (Å²) in [4.78, 5) is 9.67. The zero-order chi connectivity index (χ0) is 14.1. The molecule has 0 aliphatic heterocycles. The van der Waals surface area contributed by atoms with E-state index in [2.05, 4.69) is 0 Å². The third kappa shape index (κ3) is 25.5. The molecule has 0 fully saturated rings. The lowest BCUT2D eigenvalue weighted by molar-refractivity contribution is -0.136. The van der Waals surface area contributed by atoms with Gasteiger partial charge in [0.15, 0.2) is 0 Å². The predicted molar refractivity (Wildman–Crippen MR) is 56.8 cm³/mol. The summed E-state index contributed by atoms with van der Waals surface area (Å²) >= 11 is 0. The summed E-state index contributed by atoms with van der Waals surface area (Å²) in [7, 11) is -7.95. The summed E-state index contributed by atoms with van der Waals surface area (Å²) in [6, 6.07) is 0. The highest BCUT2D eigenvalue weighted by atomic mass is 32.2. The van der Waals surface area contributed by atoms with Crippen LogP contribution in [0.2, 0.25) is 0 Å². The summed E-state index contributed by atoms with van der Waals surface area (Å²) in [6.45, 7) is -0.209. The van der Waals surface area contributed by atoms with Gasteiger partial charge in [-0.15, -0.1) is 0 Å². The van der Waals surface area contributed by atoms with E-state index in [1.165, 1.54) is 0 Å². The largest absolute Gasteiger partial charge is 0.481 e. The molecule has 9 nitrogen and oxygen atoms in total. The van der Waals surface area contributed by atoms with Crippen LogP contribution in [0.3, 0.4) is 0 Å². The Morgan fingerprint density at radius 1 is 0.941 bits per heavy atom. The second-order valence-corrected chi connectivity index (χ2v) is 5.94. The van der Waals surface area contributed by atoms with E-state index in [1.54, 1.807) is 0 Å². The van der Waals surface area contributed by atoms with E-state index in [9.17, 15) is 21.6 Å². The minimum Gasteiger partial charge on any atom is -0.481 e. The van der Waals surface area contributed by atoms with Crippen LogP contribution in [0.15, 0.2) is 0 Å². The molecule has 0 radical (unpaired) electrons. The van der Waals surface area contributed by atoms with Crippen molar-refractivity contribution in [3.8, 4) is 0 Å². The lowest BCUT2D eigenvalue weighted by Crippen LogP contribution is -2.08. The maximum absolute atomic E-state index is 9.83. The number of hydrogen-bond acceptors (Lipinski definition) is 6. The van der Waals surface area contributed by atoms with Crippen molar-refractivity contribution in [3.63, 3.8) is 0 Å². The predicted octanol–water partition coefficient (Wildman–Crippen LogP) is -1.39. The van der Waals surface area contributed by atoms with E-state index >= 15 is 0 Å². The van der Waals surface area contributed by atoms with Crippen LogP contribution in [0.25, 0.3) is 0 Å². The normalized spacial score (nSPS) is 11.5. The average Bonchev–Trinajstić information content (AvgIpc) is 2.10. The highest BCUT2D eigenvalue weighted by Crippen LogP contribution is 1.86. The average molecular weight is 294 g/mol. The van der Waals surface area contributed by atoms with Crippen LogP contribution in [-0.4, -0.2) is 60.2 Å². The van der Waals surface area contributed by atoms with Crippen LogP contribution >= 0.6 is 0 Å². The van der Waals surface area contributed by atoms with Gasteiger partial charge in [0.1, 0.15) is 0 Å². The summed E-state index contributed by atoms with van der Waals surface area (Å²) in [6.07, 6.45) is -0.461. The Kier molecular flexibility index (Phi) is 9.15. The van der Waals surface area contributed by atoms with Crippen molar-refractivity contribution in [2.45, 2.75) is 12.8 Å². The molecule has 0 bridgehead atoms. The van der Waals surface area contributed by atoms with Gasteiger partial charge in [0.25, 0.3) is 20.2 Å². The molecule has 0 saturated carbocycles. The number of aliphatic carboxylic acids is 1. The fraction of sp³-hybridized carbons (Fsp3) is 0.833. The molecular weight excluding hydrogens is 280 g/mol. The Morgan fingerprint density at radius 2 is 1.35 bits per heavy atom. The monoisotopic (exact) mass is 294 g/mol. The number of aliphatic hydroxyl groups is 1. The number of rotatable bonds is 6. The quantitative estimate of drug-likeness (QED) is 0.431. The van der Waals surface area contributed by atoms with Crippen LogP contribution < -0.4 is 0 Å². The van der Waals surface area contributed by atoms with Gasteiger partial charge in [0.05, 0.1) is 17.9 Å². The fourth-order valence-electron chi connectivity index (χ4n) is 0.463. The molecule has 0 aromatic heterocycles. The van der Waals surface area contributed by atoms with E-state index in [0.29, 0.717) is 0 Å². The molecule has 0 saturated heterocycles. The van der Waals surface area contributed by atoms with Crippen molar-refractivity contribution in [2.75, 3.05) is 18.1 Å². The van der Waals surface area contributed by atoms with Gasteiger partial charge in [-0.1, -0.05) is 0 Å². The zero-order valence-corrected chi connectivity index (χ0v) is 10.3. The first-order chi connectivity index (χ1) is 7.48. The summed E-state index contributed by atoms with van der Waals surface area (Å²) in [5.74, 6) is -2.32. The molecule has 0 aromatic rings.